The van der Waals surface area contributed by atoms with E-state index in [9.17, 15) is 9.59 Å². The number of urea groups is 1. The molecule has 0 aliphatic carbocycles. The highest BCUT2D eigenvalue weighted by Crippen LogP contribution is 2.41. The van der Waals surface area contributed by atoms with Crippen LogP contribution in [0.3, 0.4) is 0 Å². The smallest absolute Gasteiger partial charge is 0.326 e. The number of hydrogen-bond acceptors (Lipinski definition) is 3. The van der Waals surface area contributed by atoms with Gasteiger partial charge < -0.3 is 10.2 Å². The van der Waals surface area contributed by atoms with E-state index in [0.717, 1.165) is 29.8 Å². The summed E-state index contributed by atoms with van der Waals surface area (Å²) in [5.74, 6) is -0.302. The monoisotopic (exact) mass is 403 g/mol. The minimum atomic E-state index is -0.532. The summed E-state index contributed by atoms with van der Waals surface area (Å²) in [5, 5.41) is 3.89. The van der Waals surface area contributed by atoms with Crippen LogP contribution < -0.4 is 10.2 Å². The maximum Gasteiger partial charge on any atom is 0.329 e. The number of amides is 3. The zero-order valence-corrected chi connectivity index (χ0v) is 16.5. The maximum atomic E-state index is 12.6. The number of carbonyl (C=O) groups excluding carboxylic acids is 2. The van der Waals surface area contributed by atoms with Crippen molar-refractivity contribution in [3.05, 3.63) is 63.1 Å². The van der Waals surface area contributed by atoms with Gasteiger partial charge in [0.1, 0.15) is 6.04 Å². The first-order chi connectivity index (χ1) is 12.9. The van der Waals surface area contributed by atoms with Crippen LogP contribution >= 0.6 is 23.2 Å². The minimum absolute atomic E-state index is 0.0531. The summed E-state index contributed by atoms with van der Waals surface area (Å²) in [4.78, 5) is 28.4. The van der Waals surface area contributed by atoms with Crippen molar-refractivity contribution in [1.29, 1.82) is 0 Å². The topological polar surface area (TPSA) is 52.7 Å². The number of rotatable bonds is 2. The van der Waals surface area contributed by atoms with Gasteiger partial charge in [-0.2, -0.15) is 0 Å². The van der Waals surface area contributed by atoms with Crippen molar-refractivity contribution < 1.29 is 9.59 Å². The summed E-state index contributed by atoms with van der Waals surface area (Å²) in [6.45, 7) is 3.15. The molecule has 0 bridgehead atoms. The molecular formula is C20H19Cl2N3O2. The molecule has 4 rings (SSSR count). The van der Waals surface area contributed by atoms with Crippen molar-refractivity contribution in [1.82, 2.24) is 10.2 Å². The third-order valence-corrected chi connectivity index (χ3v) is 5.73. The van der Waals surface area contributed by atoms with Gasteiger partial charge in [-0.3, -0.25) is 4.79 Å². The standard InChI is InChI=1S/C20H19Cl2N3O2/c1-11-19(26)25(20(27)23-11)18-6-4-3-5-13(18)15-9-24(2)10-16-14(15)7-12(21)8-17(16)22/h3-8,11,15H,9-10H2,1-2H3,(H,23,27)/t11?,15-/m0/s1. The van der Waals surface area contributed by atoms with Gasteiger partial charge in [-0.1, -0.05) is 41.4 Å². The van der Waals surface area contributed by atoms with E-state index in [4.69, 9.17) is 23.2 Å². The molecule has 0 saturated carbocycles. The lowest BCUT2D eigenvalue weighted by Gasteiger charge is -2.34. The lowest BCUT2D eigenvalue weighted by Crippen LogP contribution is -2.35. The van der Waals surface area contributed by atoms with Crippen LogP contribution in [0, 0.1) is 0 Å². The molecule has 1 saturated heterocycles. The van der Waals surface area contributed by atoms with Gasteiger partial charge in [0.15, 0.2) is 0 Å². The Bertz CT molecular complexity index is 947. The van der Waals surface area contributed by atoms with Gasteiger partial charge in [0.2, 0.25) is 0 Å². The largest absolute Gasteiger partial charge is 0.329 e. The molecule has 3 amide bonds. The van der Waals surface area contributed by atoms with Crippen molar-refractivity contribution in [2.24, 2.45) is 0 Å². The predicted octanol–water partition coefficient (Wildman–Crippen LogP) is 4.02. The van der Waals surface area contributed by atoms with Gasteiger partial charge in [0.25, 0.3) is 5.91 Å². The second kappa shape index (κ2) is 6.82. The third-order valence-electron chi connectivity index (χ3n) is 5.18. The zero-order valence-electron chi connectivity index (χ0n) is 15.0. The van der Waals surface area contributed by atoms with Crippen LogP contribution in [-0.4, -0.2) is 36.5 Å². The van der Waals surface area contributed by atoms with Crippen LogP contribution in [0.15, 0.2) is 36.4 Å². The van der Waals surface area contributed by atoms with E-state index in [1.807, 2.05) is 37.4 Å². The summed E-state index contributed by atoms with van der Waals surface area (Å²) in [5.41, 5.74) is 3.58. The molecule has 2 atom stereocenters. The highest BCUT2D eigenvalue weighted by atomic mass is 35.5. The molecule has 2 aliphatic rings. The fourth-order valence-electron chi connectivity index (χ4n) is 3.93. The van der Waals surface area contributed by atoms with Crippen molar-refractivity contribution in [2.75, 3.05) is 18.5 Å². The van der Waals surface area contributed by atoms with Crippen LogP contribution in [0.25, 0.3) is 0 Å². The van der Waals surface area contributed by atoms with Crippen LogP contribution in [0.4, 0.5) is 10.5 Å². The van der Waals surface area contributed by atoms with E-state index in [1.54, 1.807) is 13.0 Å². The van der Waals surface area contributed by atoms with Gasteiger partial charge in [-0.15, -0.1) is 0 Å². The molecule has 5 nitrogen and oxygen atoms in total. The Hall–Kier alpha value is -2.08. The molecule has 1 fully saturated rings. The molecule has 0 radical (unpaired) electrons. The molecule has 140 valence electrons. The molecule has 2 heterocycles. The van der Waals surface area contributed by atoms with Crippen molar-refractivity contribution in [3.8, 4) is 0 Å². The average Bonchev–Trinajstić information content (AvgIpc) is 2.87. The van der Waals surface area contributed by atoms with Crippen LogP contribution in [0.1, 0.15) is 29.5 Å². The van der Waals surface area contributed by atoms with Gasteiger partial charge in [0, 0.05) is 29.1 Å². The molecule has 0 aromatic heterocycles. The first kappa shape index (κ1) is 18.3. The number of benzene rings is 2. The number of para-hydroxylation sites is 1. The Morgan fingerprint density at radius 3 is 2.56 bits per heavy atom. The summed E-state index contributed by atoms with van der Waals surface area (Å²) in [6, 6.07) is 10.3. The number of nitrogens with one attached hydrogen (secondary N) is 1. The van der Waals surface area contributed by atoms with Crippen molar-refractivity contribution in [3.63, 3.8) is 0 Å². The third kappa shape index (κ3) is 3.10. The zero-order chi connectivity index (χ0) is 19.3. The number of halogens is 2. The second-order valence-corrected chi connectivity index (χ2v) is 7.95. The molecule has 2 aromatic carbocycles. The summed E-state index contributed by atoms with van der Waals surface area (Å²) in [6.07, 6.45) is 0. The van der Waals surface area contributed by atoms with E-state index in [-0.39, 0.29) is 11.8 Å². The number of hydrogen-bond donors (Lipinski definition) is 1. The first-order valence-electron chi connectivity index (χ1n) is 8.76. The SMILES string of the molecule is CC1NC(=O)N(c2ccccc2[C@@H]2CN(C)Cc3c(Cl)cc(Cl)cc32)C1=O. The van der Waals surface area contributed by atoms with Crippen molar-refractivity contribution >= 4 is 40.8 Å². The minimum Gasteiger partial charge on any atom is -0.326 e. The molecule has 1 N–H and O–H groups in total. The molecule has 27 heavy (non-hydrogen) atoms. The summed E-state index contributed by atoms with van der Waals surface area (Å²) < 4.78 is 0. The highest BCUT2D eigenvalue weighted by molar-refractivity contribution is 6.35. The second-order valence-electron chi connectivity index (χ2n) is 7.11. The Labute approximate surface area is 167 Å². The number of likely N-dealkylation sites (N-methyl/N-ethyl adjacent to an activating group) is 1. The van der Waals surface area contributed by atoms with Gasteiger partial charge in [0.05, 0.1) is 5.69 Å². The quantitative estimate of drug-likeness (QED) is 0.770. The van der Waals surface area contributed by atoms with E-state index >= 15 is 0 Å². The van der Waals surface area contributed by atoms with Gasteiger partial charge >= 0.3 is 6.03 Å². The van der Waals surface area contributed by atoms with E-state index < -0.39 is 12.1 Å². The summed E-state index contributed by atoms with van der Waals surface area (Å²) in [7, 11) is 2.03. The summed E-state index contributed by atoms with van der Waals surface area (Å²) >= 11 is 12.7. The lowest BCUT2D eigenvalue weighted by atomic mass is 9.83. The van der Waals surface area contributed by atoms with Crippen molar-refractivity contribution in [2.45, 2.75) is 25.4 Å². The number of anilines is 1. The Morgan fingerprint density at radius 2 is 1.85 bits per heavy atom. The molecule has 0 spiro atoms. The van der Waals surface area contributed by atoms with Gasteiger partial charge in [-0.05, 0) is 48.9 Å². The molecular weight excluding hydrogens is 385 g/mol. The Morgan fingerprint density at radius 1 is 1.11 bits per heavy atom. The maximum absolute atomic E-state index is 12.6. The number of nitrogens with zero attached hydrogens (tertiary/aromatic N) is 2. The Kier molecular flexibility index (Phi) is 4.62. The number of carbonyl (C=O) groups is 2. The Balaban J connectivity index is 1.87. The molecule has 1 unspecified atom stereocenters. The van der Waals surface area contributed by atoms with Crippen LogP contribution in [0.2, 0.25) is 10.0 Å². The van der Waals surface area contributed by atoms with Crippen LogP contribution in [0.5, 0.6) is 0 Å². The fourth-order valence-corrected chi connectivity index (χ4v) is 4.50. The number of fused-ring (bicyclic) bond motifs is 1. The average molecular weight is 404 g/mol. The molecule has 2 aliphatic heterocycles. The van der Waals surface area contributed by atoms with E-state index in [2.05, 4.69) is 10.2 Å². The fraction of sp³-hybridized carbons (Fsp3) is 0.300. The first-order valence-corrected chi connectivity index (χ1v) is 9.52. The normalized spacial score (nSPS) is 22.7. The predicted molar refractivity (Wildman–Crippen MR) is 107 cm³/mol. The highest BCUT2D eigenvalue weighted by Gasteiger charge is 2.39. The van der Waals surface area contributed by atoms with E-state index in [1.165, 1.54) is 4.90 Å². The van der Waals surface area contributed by atoms with Crippen LogP contribution in [-0.2, 0) is 11.3 Å². The van der Waals surface area contributed by atoms with Gasteiger partial charge in [-0.25, -0.2) is 9.69 Å². The van der Waals surface area contributed by atoms with E-state index in [0.29, 0.717) is 15.7 Å². The molecule has 7 heteroatoms. The number of imide groups is 1. The molecule has 2 aromatic rings. The lowest BCUT2D eigenvalue weighted by molar-refractivity contribution is -0.117.